The van der Waals surface area contributed by atoms with Gasteiger partial charge in [-0.2, -0.15) is 0 Å². The number of pyridine rings is 1. The number of carbonyl (C=O) groups excluding carboxylic acids is 1. The number of amides is 1. The molecule has 132 valence electrons. The summed E-state index contributed by atoms with van der Waals surface area (Å²) in [6, 6.07) is 4.13. The quantitative estimate of drug-likeness (QED) is 0.899. The van der Waals surface area contributed by atoms with E-state index < -0.39 is 6.10 Å². The molecule has 3 rings (SSSR count). The summed E-state index contributed by atoms with van der Waals surface area (Å²) >= 11 is 0. The Labute approximate surface area is 143 Å². The standard InChI is InChI=1S/C18H27N3O3/c1-20(15-6-11-24-12-7-15)16-4-9-21(10-5-17(16)22)18(23)14-3-2-8-19-13-14/h2-3,8,13,15-17,22H,4-7,9-12H2,1H3/t16-,17-/m0/s1. The summed E-state index contributed by atoms with van der Waals surface area (Å²) < 4.78 is 5.44. The summed E-state index contributed by atoms with van der Waals surface area (Å²) in [7, 11) is 2.10. The summed E-state index contributed by atoms with van der Waals surface area (Å²) in [6.07, 6.45) is 6.31. The molecule has 0 spiro atoms. The first kappa shape index (κ1) is 17.3. The van der Waals surface area contributed by atoms with Gasteiger partial charge in [0.25, 0.3) is 5.91 Å². The van der Waals surface area contributed by atoms with Gasteiger partial charge in [-0.3, -0.25) is 14.7 Å². The lowest BCUT2D eigenvalue weighted by molar-refractivity contribution is -0.00758. The maximum atomic E-state index is 12.6. The third-order valence-electron chi connectivity index (χ3n) is 5.32. The number of hydrogen-bond acceptors (Lipinski definition) is 5. The van der Waals surface area contributed by atoms with Crippen molar-refractivity contribution in [1.29, 1.82) is 0 Å². The van der Waals surface area contributed by atoms with E-state index in [4.69, 9.17) is 4.74 Å². The number of ether oxygens (including phenoxy) is 1. The number of aromatic nitrogens is 1. The number of aliphatic hydroxyl groups excluding tert-OH is 1. The van der Waals surface area contributed by atoms with Gasteiger partial charge in [-0.1, -0.05) is 0 Å². The highest BCUT2D eigenvalue weighted by atomic mass is 16.5. The Bertz CT molecular complexity index is 534. The summed E-state index contributed by atoms with van der Waals surface area (Å²) in [6.45, 7) is 2.85. The van der Waals surface area contributed by atoms with Gasteiger partial charge < -0.3 is 14.7 Å². The Morgan fingerprint density at radius 1 is 1.29 bits per heavy atom. The SMILES string of the molecule is CN(C1CCOCC1)[C@H]1CCN(C(=O)c2cccnc2)CC[C@@H]1O. The number of hydrogen-bond donors (Lipinski definition) is 1. The van der Waals surface area contributed by atoms with Crippen LogP contribution in [-0.4, -0.2) is 77.3 Å². The molecule has 1 aromatic heterocycles. The highest BCUT2D eigenvalue weighted by Gasteiger charge is 2.33. The molecule has 0 unspecified atom stereocenters. The molecule has 6 nitrogen and oxygen atoms in total. The molecule has 6 heteroatoms. The third-order valence-corrected chi connectivity index (χ3v) is 5.32. The van der Waals surface area contributed by atoms with Crippen LogP contribution in [0, 0.1) is 0 Å². The normalized spacial score (nSPS) is 26.4. The van der Waals surface area contributed by atoms with E-state index in [-0.39, 0.29) is 11.9 Å². The minimum atomic E-state index is -0.399. The third kappa shape index (κ3) is 3.94. The van der Waals surface area contributed by atoms with Crippen LogP contribution in [0.4, 0.5) is 0 Å². The number of likely N-dealkylation sites (tertiary alicyclic amines) is 1. The molecular weight excluding hydrogens is 306 g/mol. The van der Waals surface area contributed by atoms with Crippen LogP contribution in [0.5, 0.6) is 0 Å². The van der Waals surface area contributed by atoms with Crippen LogP contribution in [0.1, 0.15) is 36.0 Å². The van der Waals surface area contributed by atoms with Crippen molar-refractivity contribution in [2.45, 2.75) is 43.9 Å². The van der Waals surface area contributed by atoms with E-state index in [2.05, 4.69) is 16.9 Å². The molecule has 0 aliphatic carbocycles. The second kappa shape index (κ2) is 8.05. The molecule has 2 aliphatic heterocycles. The van der Waals surface area contributed by atoms with Crippen LogP contribution in [0.3, 0.4) is 0 Å². The highest BCUT2D eigenvalue weighted by Crippen LogP contribution is 2.23. The fraction of sp³-hybridized carbons (Fsp3) is 0.667. The van der Waals surface area contributed by atoms with Gasteiger partial charge in [-0.15, -0.1) is 0 Å². The second-order valence-corrected chi connectivity index (χ2v) is 6.75. The van der Waals surface area contributed by atoms with Crippen molar-refractivity contribution in [2.24, 2.45) is 0 Å². The number of aliphatic hydroxyl groups is 1. The zero-order chi connectivity index (χ0) is 16.9. The molecule has 0 saturated carbocycles. The van der Waals surface area contributed by atoms with Gasteiger partial charge in [-0.05, 0) is 44.9 Å². The molecule has 1 aromatic rings. The van der Waals surface area contributed by atoms with Crippen LogP contribution in [0.25, 0.3) is 0 Å². The van der Waals surface area contributed by atoms with Crippen molar-refractivity contribution < 1.29 is 14.6 Å². The monoisotopic (exact) mass is 333 g/mol. The van der Waals surface area contributed by atoms with Crippen molar-refractivity contribution in [3.05, 3.63) is 30.1 Å². The van der Waals surface area contributed by atoms with Crippen molar-refractivity contribution in [3.8, 4) is 0 Å². The van der Waals surface area contributed by atoms with Gasteiger partial charge in [0.1, 0.15) is 0 Å². The summed E-state index contributed by atoms with van der Waals surface area (Å²) in [4.78, 5) is 20.8. The molecule has 2 aliphatic rings. The van der Waals surface area contributed by atoms with Crippen molar-refractivity contribution in [2.75, 3.05) is 33.4 Å². The van der Waals surface area contributed by atoms with Crippen LogP contribution in [0.15, 0.2) is 24.5 Å². The molecule has 2 saturated heterocycles. The zero-order valence-electron chi connectivity index (χ0n) is 14.3. The molecule has 24 heavy (non-hydrogen) atoms. The van der Waals surface area contributed by atoms with Crippen molar-refractivity contribution in [3.63, 3.8) is 0 Å². The predicted molar refractivity (Wildman–Crippen MR) is 90.8 cm³/mol. The minimum Gasteiger partial charge on any atom is -0.391 e. The van der Waals surface area contributed by atoms with Gasteiger partial charge in [0, 0.05) is 50.8 Å². The molecular formula is C18H27N3O3. The van der Waals surface area contributed by atoms with Gasteiger partial charge in [0.05, 0.1) is 11.7 Å². The first-order valence-corrected chi connectivity index (χ1v) is 8.84. The summed E-state index contributed by atoms with van der Waals surface area (Å²) in [5.74, 6) is 0.00432. The topological polar surface area (TPSA) is 65.9 Å². The average Bonchev–Trinajstić information content (AvgIpc) is 2.84. The first-order valence-electron chi connectivity index (χ1n) is 8.84. The van der Waals surface area contributed by atoms with E-state index in [1.54, 1.807) is 24.5 Å². The van der Waals surface area contributed by atoms with Gasteiger partial charge in [0.2, 0.25) is 0 Å². The molecule has 0 radical (unpaired) electrons. The summed E-state index contributed by atoms with van der Waals surface area (Å²) in [5.41, 5.74) is 0.614. The van der Waals surface area contributed by atoms with Crippen LogP contribution in [0.2, 0.25) is 0 Å². The van der Waals surface area contributed by atoms with Gasteiger partial charge in [0.15, 0.2) is 0 Å². The highest BCUT2D eigenvalue weighted by molar-refractivity contribution is 5.93. The van der Waals surface area contributed by atoms with E-state index in [9.17, 15) is 9.90 Å². The van der Waals surface area contributed by atoms with Crippen molar-refractivity contribution >= 4 is 5.91 Å². The van der Waals surface area contributed by atoms with E-state index >= 15 is 0 Å². The van der Waals surface area contributed by atoms with Crippen molar-refractivity contribution in [1.82, 2.24) is 14.8 Å². The Hall–Kier alpha value is -1.50. The molecule has 2 atom stereocenters. The molecule has 0 bridgehead atoms. The van der Waals surface area contributed by atoms with Crippen LogP contribution >= 0.6 is 0 Å². The molecule has 3 heterocycles. The Morgan fingerprint density at radius 3 is 2.75 bits per heavy atom. The van der Waals surface area contributed by atoms with E-state index in [0.29, 0.717) is 31.1 Å². The Kier molecular flexibility index (Phi) is 5.81. The van der Waals surface area contributed by atoms with Crippen LogP contribution in [-0.2, 0) is 4.74 Å². The van der Waals surface area contributed by atoms with E-state index in [1.165, 1.54) is 0 Å². The number of carbonyl (C=O) groups is 1. The number of rotatable bonds is 3. The fourth-order valence-electron chi connectivity index (χ4n) is 3.79. The van der Waals surface area contributed by atoms with E-state index in [0.717, 1.165) is 32.5 Å². The predicted octanol–water partition coefficient (Wildman–Crippen LogP) is 1.16. The number of nitrogens with zero attached hydrogens (tertiary/aromatic N) is 3. The molecule has 0 aromatic carbocycles. The number of likely N-dealkylation sites (N-methyl/N-ethyl adjacent to an activating group) is 1. The molecule has 1 N–H and O–H groups in total. The Morgan fingerprint density at radius 2 is 2.04 bits per heavy atom. The average molecular weight is 333 g/mol. The van der Waals surface area contributed by atoms with Crippen LogP contribution < -0.4 is 0 Å². The second-order valence-electron chi connectivity index (χ2n) is 6.75. The Balaban J connectivity index is 1.63. The largest absolute Gasteiger partial charge is 0.391 e. The van der Waals surface area contributed by atoms with Gasteiger partial charge in [-0.25, -0.2) is 0 Å². The smallest absolute Gasteiger partial charge is 0.255 e. The maximum absolute atomic E-state index is 12.6. The maximum Gasteiger partial charge on any atom is 0.255 e. The lowest BCUT2D eigenvalue weighted by atomic mass is 9.99. The van der Waals surface area contributed by atoms with E-state index in [1.807, 2.05) is 4.90 Å². The van der Waals surface area contributed by atoms with Gasteiger partial charge >= 0.3 is 0 Å². The minimum absolute atomic E-state index is 0.00432. The first-order chi connectivity index (χ1) is 11.7. The lowest BCUT2D eigenvalue weighted by Crippen LogP contribution is -2.48. The molecule has 1 amide bonds. The summed E-state index contributed by atoms with van der Waals surface area (Å²) in [5, 5.41) is 10.6. The zero-order valence-corrected chi connectivity index (χ0v) is 14.3. The molecule has 2 fully saturated rings. The lowest BCUT2D eigenvalue weighted by Gasteiger charge is -2.38. The fourth-order valence-corrected chi connectivity index (χ4v) is 3.79.